The summed E-state index contributed by atoms with van der Waals surface area (Å²) in [6, 6.07) is 7.41. The number of hydrogen-bond donors (Lipinski definition) is 1. The smallest absolute Gasteiger partial charge is 0.254 e. The van der Waals surface area contributed by atoms with E-state index in [1.807, 2.05) is 45.0 Å². The van der Waals surface area contributed by atoms with Crippen LogP contribution >= 0.6 is 11.6 Å². The molecule has 5 heteroatoms. The van der Waals surface area contributed by atoms with Crippen molar-refractivity contribution in [2.24, 2.45) is 0 Å². The number of aromatic nitrogens is 2. The molecule has 1 aromatic heterocycles. The average Bonchev–Trinajstić information content (AvgIpc) is 2.84. The maximum atomic E-state index is 12.1. The second-order valence-corrected chi connectivity index (χ2v) is 5.28. The van der Waals surface area contributed by atoms with Crippen LogP contribution in [0.25, 0.3) is 5.69 Å². The van der Waals surface area contributed by atoms with Crippen molar-refractivity contribution in [2.45, 2.75) is 26.7 Å². The predicted octanol–water partition coefficient (Wildman–Crippen LogP) is 3.40. The van der Waals surface area contributed by atoms with Crippen molar-refractivity contribution in [1.82, 2.24) is 15.1 Å². The number of carbonyl (C=O) groups excluding carboxylic acids is 1. The number of nitrogens with zero attached hydrogens (tertiary/aromatic N) is 2. The van der Waals surface area contributed by atoms with Gasteiger partial charge in [-0.3, -0.25) is 4.79 Å². The molecule has 2 rings (SSSR count). The molecule has 0 radical (unpaired) electrons. The van der Waals surface area contributed by atoms with Gasteiger partial charge in [-0.15, -0.1) is 0 Å². The molecule has 0 bridgehead atoms. The van der Waals surface area contributed by atoms with Crippen molar-refractivity contribution in [3.63, 3.8) is 0 Å². The van der Waals surface area contributed by atoms with Crippen molar-refractivity contribution < 1.29 is 4.79 Å². The first-order chi connectivity index (χ1) is 9.54. The lowest BCUT2D eigenvalue weighted by Gasteiger charge is -2.12. The number of amides is 1. The minimum absolute atomic E-state index is 0.0867. The van der Waals surface area contributed by atoms with Crippen LogP contribution in [0.15, 0.2) is 30.5 Å². The summed E-state index contributed by atoms with van der Waals surface area (Å²) in [4.78, 5) is 12.1. The Labute approximate surface area is 123 Å². The second-order valence-electron chi connectivity index (χ2n) is 4.85. The van der Waals surface area contributed by atoms with E-state index in [4.69, 9.17) is 11.6 Å². The third kappa shape index (κ3) is 2.85. The number of carbonyl (C=O) groups is 1. The van der Waals surface area contributed by atoms with Gasteiger partial charge in [0.1, 0.15) is 0 Å². The summed E-state index contributed by atoms with van der Waals surface area (Å²) in [5, 5.41) is 7.85. The number of benzene rings is 1. The van der Waals surface area contributed by atoms with E-state index < -0.39 is 0 Å². The fraction of sp³-hybridized carbons (Fsp3) is 0.333. The van der Waals surface area contributed by atoms with Gasteiger partial charge in [0, 0.05) is 11.6 Å². The van der Waals surface area contributed by atoms with Crippen molar-refractivity contribution in [3.8, 4) is 5.69 Å². The lowest BCUT2D eigenvalue weighted by molar-refractivity contribution is 0.0954. The maximum Gasteiger partial charge on any atom is 0.254 e. The Balaban J connectivity index is 2.49. The Morgan fingerprint density at radius 2 is 2.00 bits per heavy atom. The molecule has 0 aliphatic carbocycles. The highest BCUT2D eigenvalue weighted by Crippen LogP contribution is 2.23. The summed E-state index contributed by atoms with van der Waals surface area (Å²) >= 11 is 5.90. The summed E-state index contributed by atoms with van der Waals surface area (Å²) < 4.78 is 1.80. The molecule has 0 saturated heterocycles. The number of hydrogen-bond acceptors (Lipinski definition) is 2. The highest BCUT2D eigenvalue weighted by molar-refractivity contribution is 6.30. The summed E-state index contributed by atoms with van der Waals surface area (Å²) in [5.74, 6) is 0.0993. The fourth-order valence-electron chi connectivity index (χ4n) is 2.13. The molecule has 106 valence electrons. The van der Waals surface area contributed by atoms with E-state index in [1.54, 1.807) is 10.9 Å². The van der Waals surface area contributed by atoms with Gasteiger partial charge >= 0.3 is 0 Å². The van der Waals surface area contributed by atoms with Gasteiger partial charge < -0.3 is 5.32 Å². The molecule has 20 heavy (non-hydrogen) atoms. The summed E-state index contributed by atoms with van der Waals surface area (Å²) in [5.41, 5.74) is 2.42. The monoisotopic (exact) mass is 291 g/mol. The highest BCUT2D eigenvalue weighted by atomic mass is 35.5. The maximum absolute atomic E-state index is 12.1. The van der Waals surface area contributed by atoms with Gasteiger partial charge in [0.15, 0.2) is 0 Å². The van der Waals surface area contributed by atoms with Gasteiger partial charge in [-0.1, -0.05) is 25.4 Å². The lowest BCUT2D eigenvalue weighted by atomic mass is 10.1. The molecule has 1 N–H and O–H groups in total. The molecule has 1 amide bonds. The predicted molar refractivity (Wildman–Crippen MR) is 80.7 cm³/mol. The Bertz CT molecular complexity index is 602. The third-order valence-corrected chi connectivity index (χ3v) is 3.26. The van der Waals surface area contributed by atoms with Crippen molar-refractivity contribution in [3.05, 3.63) is 46.7 Å². The third-order valence-electron chi connectivity index (χ3n) is 3.01. The molecule has 0 fully saturated rings. The molecule has 0 unspecified atom stereocenters. The zero-order chi connectivity index (χ0) is 14.7. The Morgan fingerprint density at radius 1 is 1.35 bits per heavy atom. The van der Waals surface area contributed by atoms with E-state index >= 15 is 0 Å². The first-order valence-corrected chi connectivity index (χ1v) is 7.04. The number of nitrogens with one attached hydrogen (secondary N) is 1. The average molecular weight is 292 g/mol. The van der Waals surface area contributed by atoms with Gasteiger partial charge in [0.25, 0.3) is 5.91 Å². The summed E-state index contributed by atoms with van der Waals surface area (Å²) in [6.45, 7) is 6.59. The van der Waals surface area contributed by atoms with Crippen LogP contribution < -0.4 is 5.32 Å². The standard InChI is InChI=1S/C15H18ClN3O/c1-4-17-15(20)13-9-18-19(14(13)10(2)3)12-7-5-11(16)6-8-12/h5-10H,4H2,1-3H3,(H,17,20). The minimum atomic E-state index is -0.0867. The first kappa shape index (κ1) is 14.6. The quantitative estimate of drug-likeness (QED) is 0.938. The molecular formula is C15H18ClN3O. The van der Waals surface area contributed by atoms with Crippen LogP contribution in [0.4, 0.5) is 0 Å². The van der Waals surface area contributed by atoms with Crippen LogP contribution in [0.5, 0.6) is 0 Å². The lowest BCUT2D eigenvalue weighted by Crippen LogP contribution is -2.24. The molecule has 0 saturated carbocycles. The van der Waals surface area contributed by atoms with Gasteiger partial charge in [0.2, 0.25) is 0 Å². The van der Waals surface area contributed by atoms with Crippen LogP contribution in [0.2, 0.25) is 5.02 Å². The van der Waals surface area contributed by atoms with Crippen molar-refractivity contribution in [1.29, 1.82) is 0 Å². The van der Waals surface area contributed by atoms with Gasteiger partial charge in [0.05, 0.1) is 23.1 Å². The Hall–Kier alpha value is -1.81. The topological polar surface area (TPSA) is 46.9 Å². The van der Waals surface area contributed by atoms with Crippen LogP contribution in [-0.4, -0.2) is 22.2 Å². The van der Waals surface area contributed by atoms with Crippen molar-refractivity contribution in [2.75, 3.05) is 6.54 Å². The van der Waals surface area contributed by atoms with Crippen LogP contribution in [0.3, 0.4) is 0 Å². The fourth-order valence-corrected chi connectivity index (χ4v) is 2.26. The molecule has 0 aliphatic heterocycles. The van der Waals surface area contributed by atoms with Gasteiger partial charge in [-0.2, -0.15) is 5.10 Å². The van der Waals surface area contributed by atoms with E-state index in [-0.39, 0.29) is 11.8 Å². The van der Waals surface area contributed by atoms with Crippen LogP contribution in [0, 0.1) is 0 Å². The second kappa shape index (κ2) is 6.09. The number of rotatable bonds is 4. The molecule has 2 aromatic rings. The van der Waals surface area contributed by atoms with Crippen LogP contribution in [0.1, 0.15) is 42.7 Å². The van der Waals surface area contributed by atoms with E-state index in [9.17, 15) is 4.79 Å². The largest absolute Gasteiger partial charge is 0.352 e. The van der Waals surface area contributed by atoms with E-state index in [0.29, 0.717) is 17.1 Å². The zero-order valence-corrected chi connectivity index (χ0v) is 12.6. The summed E-state index contributed by atoms with van der Waals surface area (Å²) in [7, 11) is 0. The Kier molecular flexibility index (Phi) is 4.45. The number of halogens is 1. The van der Waals surface area contributed by atoms with E-state index in [2.05, 4.69) is 10.4 Å². The van der Waals surface area contributed by atoms with Crippen LogP contribution in [-0.2, 0) is 0 Å². The zero-order valence-electron chi connectivity index (χ0n) is 11.9. The Morgan fingerprint density at radius 3 is 2.55 bits per heavy atom. The molecule has 1 aromatic carbocycles. The summed E-state index contributed by atoms with van der Waals surface area (Å²) in [6.07, 6.45) is 1.62. The minimum Gasteiger partial charge on any atom is -0.352 e. The SMILES string of the molecule is CCNC(=O)c1cnn(-c2ccc(Cl)cc2)c1C(C)C. The van der Waals surface area contributed by atoms with Crippen molar-refractivity contribution >= 4 is 17.5 Å². The normalized spacial score (nSPS) is 10.8. The van der Waals surface area contributed by atoms with E-state index in [0.717, 1.165) is 11.4 Å². The molecule has 1 heterocycles. The molecule has 0 atom stereocenters. The molecule has 4 nitrogen and oxygen atoms in total. The first-order valence-electron chi connectivity index (χ1n) is 6.66. The highest BCUT2D eigenvalue weighted by Gasteiger charge is 2.20. The van der Waals surface area contributed by atoms with Gasteiger partial charge in [-0.05, 0) is 37.1 Å². The molecule has 0 spiro atoms. The molecular weight excluding hydrogens is 274 g/mol. The van der Waals surface area contributed by atoms with E-state index in [1.165, 1.54) is 0 Å². The van der Waals surface area contributed by atoms with Gasteiger partial charge in [-0.25, -0.2) is 4.68 Å². The molecule has 0 aliphatic rings.